The van der Waals surface area contributed by atoms with Crippen LogP contribution in [0.2, 0.25) is 0 Å². The monoisotopic (exact) mass is 294 g/mol. The van der Waals surface area contributed by atoms with E-state index in [-0.39, 0.29) is 12.1 Å². The van der Waals surface area contributed by atoms with Crippen LogP contribution in [-0.2, 0) is 11.3 Å². The third-order valence-corrected chi connectivity index (χ3v) is 3.72. The Hall–Kier alpha value is -1.56. The summed E-state index contributed by atoms with van der Waals surface area (Å²) in [7, 11) is 0. The minimum Gasteiger partial charge on any atom is -0.375 e. The molecule has 0 saturated carbocycles. The molecule has 1 N–H and O–H groups in total. The van der Waals surface area contributed by atoms with Gasteiger partial charge in [-0.1, -0.05) is 6.92 Å². The van der Waals surface area contributed by atoms with Gasteiger partial charge in [0.25, 0.3) is 0 Å². The Morgan fingerprint density at radius 1 is 1.57 bits per heavy atom. The molecule has 6 heteroatoms. The van der Waals surface area contributed by atoms with Crippen molar-refractivity contribution < 1.29 is 9.53 Å². The van der Waals surface area contributed by atoms with Gasteiger partial charge < -0.3 is 15.0 Å². The Labute approximate surface area is 126 Å². The molecule has 118 valence electrons. The highest BCUT2D eigenvalue weighted by molar-refractivity contribution is 5.74. The van der Waals surface area contributed by atoms with Gasteiger partial charge in [0.05, 0.1) is 18.4 Å². The van der Waals surface area contributed by atoms with Crippen LogP contribution in [0.3, 0.4) is 0 Å². The third-order valence-electron chi connectivity index (χ3n) is 3.72. The van der Waals surface area contributed by atoms with Crippen LogP contribution in [0.15, 0.2) is 6.07 Å². The molecule has 2 amide bonds. The van der Waals surface area contributed by atoms with Crippen molar-refractivity contribution in [3.05, 3.63) is 17.5 Å². The first-order valence-electron chi connectivity index (χ1n) is 7.61. The van der Waals surface area contributed by atoms with Crippen molar-refractivity contribution in [2.75, 3.05) is 26.2 Å². The molecule has 2 atom stereocenters. The van der Waals surface area contributed by atoms with Gasteiger partial charge in [0.15, 0.2) is 0 Å². The first-order valence-corrected chi connectivity index (χ1v) is 7.61. The van der Waals surface area contributed by atoms with Gasteiger partial charge in [-0.25, -0.2) is 4.79 Å². The van der Waals surface area contributed by atoms with Gasteiger partial charge in [-0.2, -0.15) is 5.10 Å². The summed E-state index contributed by atoms with van der Waals surface area (Å²) < 4.78 is 7.45. The number of ether oxygens (including phenoxy) is 1. The number of aryl methyl sites for hydroxylation is 2. The zero-order valence-electron chi connectivity index (χ0n) is 13.4. The second kappa shape index (κ2) is 6.93. The summed E-state index contributed by atoms with van der Waals surface area (Å²) in [6.45, 7) is 11.6. The van der Waals surface area contributed by atoms with E-state index in [0.717, 1.165) is 17.9 Å². The molecule has 0 bridgehead atoms. The van der Waals surface area contributed by atoms with Crippen LogP contribution in [0.25, 0.3) is 0 Å². The number of nitrogens with zero attached hydrogens (tertiary/aromatic N) is 3. The molecule has 0 aliphatic carbocycles. The molecule has 0 unspecified atom stereocenters. The largest absolute Gasteiger partial charge is 0.375 e. The highest BCUT2D eigenvalue weighted by Gasteiger charge is 2.21. The van der Waals surface area contributed by atoms with Crippen LogP contribution < -0.4 is 5.32 Å². The van der Waals surface area contributed by atoms with Gasteiger partial charge in [0.1, 0.15) is 0 Å². The highest BCUT2D eigenvalue weighted by atomic mass is 16.5. The molecule has 1 aromatic rings. The summed E-state index contributed by atoms with van der Waals surface area (Å²) >= 11 is 0. The number of hydrogen-bond donors (Lipinski definition) is 1. The summed E-state index contributed by atoms with van der Waals surface area (Å²) in [5.41, 5.74) is 2.19. The molecule has 1 saturated heterocycles. The quantitative estimate of drug-likeness (QED) is 0.917. The van der Waals surface area contributed by atoms with E-state index in [4.69, 9.17) is 4.74 Å². The molecule has 1 aliphatic rings. The standard InChI is InChI=1S/C15H26N4O2/c1-11(9-19-13(3)7-12(2)17-19)8-16-15(20)18-5-6-21-14(4)10-18/h7,11,14H,5-6,8-10H2,1-4H3,(H,16,20)/t11-,14+/m1/s1. The van der Waals surface area contributed by atoms with Crippen molar-refractivity contribution in [1.82, 2.24) is 20.0 Å². The zero-order valence-corrected chi connectivity index (χ0v) is 13.4. The molecule has 0 radical (unpaired) electrons. The lowest BCUT2D eigenvalue weighted by molar-refractivity contribution is -0.00357. The van der Waals surface area contributed by atoms with Crippen LogP contribution in [-0.4, -0.2) is 53.1 Å². The number of aromatic nitrogens is 2. The molecule has 0 spiro atoms. The number of urea groups is 1. The maximum Gasteiger partial charge on any atom is 0.317 e. The molecule has 21 heavy (non-hydrogen) atoms. The normalized spacial score (nSPS) is 20.4. The second-order valence-corrected chi connectivity index (χ2v) is 6.03. The number of carbonyl (C=O) groups excluding carboxylic acids is 1. The maximum atomic E-state index is 12.1. The van der Waals surface area contributed by atoms with Gasteiger partial charge >= 0.3 is 6.03 Å². The van der Waals surface area contributed by atoms with Crippen molar-refractivity contribution >= 4 is 6.03 Å². The van der Waals surface area contributed by atoms with Crippen molar-refractivity contribution in [2.45, 2.75) is 40.3 Å². The Morgan fingerprint density at radius 3 is 2.95 bits per heavy atom. The first kappa shape index (κ1) is 15.8. The molecule has 0 aromatic carbocycles. The average Bonchev–Trinajstić information content (AvgIpc) is 2.74. The SMILES string of the molecule is Cc1cc(C)n(C[C@H](C)CNC(=O)N2CCO[C@@H](C)C2)n1. The average molecular weight is 294 g/mol. The van der Waals surface area contributed by atoms with Crippen molar-refractivity contribution in [2.24, 2.45) is 5.92 Å². The number of carbonyl (C=O) groups is 1. The summed E-state index contributed by atoms with van der Waals surface area (Å²) in [6, 6.07) is 2.07. The summed E-state index contributed by atoms with van der Waals surface area (Å²) in [5.74, 6) is 0.338. The smallest absolute Gasteiger partial charge is 0.317 e. The molecular weight excluding hydrogens is 268 g/mol. The Kier molecular flexibility index (Phi) is 5.22. The minimum absolute atomic E-state index is 0.00497. The van der Waals surface area contributed by atoms with Gasteiger partial charge in [0.2, 0.25) is 0 Å². The lowest BCUT2D eigenvalue weighted by Gasteiger charge is -2.31. The van der Waals surface area contributed by atoms with Crippen LogP contribution in [0.5, 0.6) is 0 Å². The predicted molar refractivity (Wildman–Crippen MR) is 81.3 cm³/mol. The van der Waals surface area contributed by atoms with E-state index in [9.17, 15) is 4.79 Å². The van der Waals surface area contributed by atoms with Crippen molar-refractivity contribution in [3.63, 3.8) is 0 Å². The Bertz CT molecular complexity index is 486. The lowest BCUT2D eigenvalue weighted by Crippen LogP contribution is -2.49. The molecular formula is C15H26N4O2. The van der Waals surface area contributed by atoms with E-state index >= 15 is 0 Å². The minimum atomic E-state index is 0.00497. The van der Waals surface area contributed by atoms with Crippen LogP contribution in [0.1, 0.15) is 25.2 Å². The molecule has 2 rings (SSSR count). The van der Waals surface area contributed by atoms with Gasteiger partial charge in [-0.15, -0.1) is 0 Å². The molecule has 1 aliphatic heterocycles. The number of nitrogens with one attached hydrogen (secondary N) is 1. The van der Waals surface area contributed by atoms with Gasteiger partial charge in [0, 0.05) is 31.9 Å². The summed E-state index contributed by atoms with van der Waals surface area (Å²) in [5, 5.41) is 7.46. The highest BCUT2D eigenvalue weighted by Crippen LogP contribution is 2.07. The predicted octanol–water partition coefficient (Wildman–Crippen LogP) is 1.57. The van der Waals surface area contributed by atoms with Gasteiger partial charge in [-0.3, -0.25) is 4.68 Å². The lowest BCUT2D eigenvalue weighted by atomic mass is 10.2. The molecule has 2 heterocycles. The van der Waals surface area contributed by atoms with Crippen LogP contribution >= 0.6 is 0 Å². The fourth-order valence-corrected chi connectivity index (χ4v) is 2.60. The number of hydrogen-bond acceptors (Lipinski definition) is 3. The summed E-state index contributed by atoms with van der Waals surface area (Å²) in [6.07, 6.45) is 0.122. The van der Waals surface area contributed by atoms with Crippen molar-refractivity contribution in [1.29, 1.82) is 0 Å². The van der Waals surface area contributed by atoms with E-state index < -0.39 is 0 Å². The topological polar surface area (TPSA) is 59.4 Å². The zero-order chi connectivity index (χ0) is 15.4. The fraction of sp³-hybridized carbons (Fsp3) is 0.733. The maximum absolute atomic E-state index is 12.1. The molecule has 6 nitrogen and oxygen atoms in total. The van der Waals surface area contributed by atoms with E-state index in [1.54, 1.807) is 0 Å². The summed E-state index contributed by atoms with van der Waals surface area (Å²) in [4.78, 5) is 13.9. The van der Waals surface area contributed by atoms with Crippen LogP contribution in [0.4, 0.5) is 4.79 Å². The molecule has 1 aromatic heterocycles. The van der Waals surface area contributed by atoms with E-state index in [2.05, 4.69) is 30.3 Å². The Balaban J connectivity index is 1.77. The number of rotatable bonds is 4. The van der Waals surface area contributed by atoms with E-state index in [1.807, 2.05) is 23.4 Å². The number of morpholine rings is 1. The fourth-order valence-electron chi connectivity index (χ4n) is 2.60. The van der Waals surface area contributed by atoms with E-state index in [1.165, 1.54) is 0 Å². The van der Waals surface area contributed by atoms with Gasteiger partial charge in [-0.05, 0) is 32.8 Å². The second-order valence-electron chi connectivity index (χ2n) is 6.03. The molecule has 1 fully saturated rings. The first-order chi connectivity index (χ1) is 9.95. The van der Waals surface area contributed by atoms with Crippen LogP contribution in [0, 0.1) is 19.8 Å². The van der Waals surface area contributed by atoms with E-state index in [0.29, 0.717) is 32.2 Å². The van der Waals surface area contributed by atoms with Crippen molar-refractivity contribution in [3.8, 4) is 0 Å². The number of amides is 2. The third kappa shape index (κ3) is 4.46. The Morgan fingerprint density at radius 2 is 2.33 bits per heavy atom.